The highest BCUT2D eigenvalue weighted by Gasteiger charge is 2.29. The molecule has 2 aromatic heterocycles. The number of likely N-dealkylation sites (tertiary alicyclic amines) is 1. The smallest absolute Gasteiger partial charge is 0.223 e. The van der Waals surface area contributed by atoms with E-state index < -0.39 is 0 Å². The Balaban J connectivity index is 1.11. The van der Waals surface area contributed by atoms with Crippen molar-refractivity contribution >= 4 is 44.9 Å². The highest BCUT2D eigenvalue weighted by Crippen LogP contribution is 2.35. The summed E-state index contributed by atoms with van der Waals surface area (Å²) < 4.78 is 0. The van der Waals surface area contributed by atoms with Gasteiger partial charge in [0.25, 0.3) is 0 Å². The fourth-order valence-corrected chi connectivity index (χ4v) is 6.28. The van der Waals surface area contributed by atoms with Crippen molar-refractivity contribution in [3.63, 3.8) is 0 Å². The Kier molecular flexibility index (Phi) is 7.04. The molecule has 180 valence electrons. The highest BCUT2D eigenvalue weighted by molar-refractivity contribution is 7.18. The number of hydrogen-bond donors (Lipinski definition) is 1. The molecule has 0 radical (unpaired) electrons. The maximum Gasteiger partial charge on any atom is 0.223 e. The van der Waals surface area contributed by atoms with Crippen LogP contribution in [0.3, 0.4) is 0 Å². The molecule has 0 atom stereocenters. The predicted molar refractivity (Wildman–Crippen MR) is 140 cm³/mol. The van der Waals surface area contributed by atoms with Crippen LogP contribution >= 0.6 is 22.9 Å². The van der Waals surface area contributed by atoms with E-state index in [4.69, 9.17) is 11.6 Å². The number of amides is 1. The minimum Gasteiger partial charge on any atom is -0.356 e. The number of thiophene rings is 1. The summed E-state index contributed by atoms with van der Waals surface area (Å²) in [5, 5.41) is 5.31. The zero-order chi connectivity index (χ0) is 23.7. The van der Waals surface area contributed by atoms with E-state index in [9.17, 15) is 4.79 Å². The number of nitrogens with one attached hydrogen (secondary N) is 1. The highest BCUT2D eigenvalue weighted by atomic mass is 35.5. The topological polar surface area (TPSA) is 61.4 Å². The first-order valence-corrected chi connectivity index (χ1v) is 13.4. The van der Waals surface area contributed by atoms with Gasteiger partial charge >= 0.3 is 0 Å². The average Bonchev–Trinajstić information content (AvgIpc) is 3.15. The lowest BCUT2D eigenvalue weighted by atomic mass is 9.94. The first kappa shape index (κ1) is 23.5. The molecule has 34 heavy (non-hydrogen) atoms. The summed E-state index contributed by atoms with van der Waals surface area (Å²) in [6.07, 6.45) is 5.43. The summed E-state index contributed by atoms with van der Waals surface area (Å²) in [7, 11) is 0. The van der Waals surface area contributed by atoms with Crippen LogP contribution in [0, 0.1) is 19.8 Å². The Labute approximate surface area is 210 Å². The van der Waals surface area contributed by atoms with Gasteiger partial charge in [0, 0.05) is 54.6 Å². The number of carbonyl (C=O) groups is 1. The lowest BCUT2D eigenvalue weighted by molar-refractivity contribution is -0.126. The van der Waals surface area contributed by atoms with Gasteiger partial charge in [0.15, 0.2) is 0 Å². The van der Waals surface area contributed by atoms with Gasteiger partial charge in [-0.2, -0.15) is 0 Å². The molecule has 2 aliphatic heterocycles. The van der Waals surface area contributed by atoms with Gasteiger partial charge in [-0.1, -0.05) is 23.7 Å². The summed E-state index contributed by atoms with van der Waals surface area (Å²) >= 11 is 7.73. The number of benzene rings is 1. The number of piperidine rings is 2. The van der Waals surface area contributed by atoms with Crippen molar-refractivity contribution in [2.45, 2.75) is 52.1 Å². The van der Waals surface area contributed by atoms with Crippen LogP contribution in [0.2, 0.25) is 5.02 Å². The van der Waals surface area contributed by atoms with Crippen LogP contribution in [-0.4, -0.2) is 53.0 Å². The number of aromatic nitrogens is 2. The molecule has 0 bridgehead atoms. The summed E-state index contributed by atoms with van der Waals surface area (Å²) in [6, 6.07) is 8.37. The lowest BCUT2D eigenvalue weighted by Gasteiger charge is -2.35. The van der Waals surface area contributed by atoms with Crippen molar-refractivity contribution in [3.05, 3.63) is 51.6 Å². The molecule has 2 saturated heterocycles. The number of fused-ring (bicyclic) bond motifs is 1. The number of rotatable bonds is 5. The number of carbonyl (C=O) groups excluding carboxylic acids is 1. The standard InChI is InChI=1S/C26H32ClN5OS/c1-17-18(2)34-26-23(17)24(28-16-29-26)32-13-7-20(8-14-32)25(33)30-22-9-11-31(12-10-22)15-19-3-5-21(27)6-4-19/h3-6,16,20,22H,7-15H2,1-2H3,(H,30,33). The first-order valence-electron chi connectivity index (χ1n) is 12.2. The lowest BCUT2D eigenvalue weighted by Crippen LogP contribution is -2.48. The summed E-state index contributed by atoms with van der Waals surface area (Å²) in [5.41, 5.74) is 2.56. The van der Waals surface area contributed by atoms with Crippen LogP contribution in [0.4, 0.5) is 5.82 Å². The van der Waals surface area contributed by atoms with Crippen molar-refractivity contribution in [2.24, 2.45) is 5.92 Å². The third-order valence-corrected chi connectivity index (χ3v) is 8.73. The Hall–Kier alpha value is -2.22. The number of aryl methyl sites for hydroxylation is 2. The Morgan fingerprint density at radius 1 is 1.06 bits per heavy atom. The molecule has 1 aromatic carbocycles. The van der Waals surface area contributed by atoms with E-state index in [0.29, 0.717) is 0 Å². The first-order chi connectivity index (χ1) is 16.5. The number of nitrogens with zero attached hydrogens (tertiary/aromatic N) is 4. The molecule has 0 aliphatic carbocycles. The van der Waals surface area contributed by atoms with Crippen LogP contribution in [0.5, 0.6) is 0 Å². The molecule has 8 heteroatoms. The van der Waals surface area contributed by atoms with Crippen molar-refractivity contribution in [1.82, 2.24) is 20.2 Å². The van der Waals surface area contributed by atoms with E-state index in [1.807, 2.05) is 12.1 Å². The van der Waals surface area contributed by atoms with Crippen LogP contribution < -0.4 is 10.2 Å². The summed E-state index contributed by atoms with van der Waals surface area (Å²) in [4.78, 5) is 29.2. The third kappa shape index (κ3) is 5.07. The van der Waals surface area contributed by atoms with Gasteiger partial charge in [0.2, 0.25) is 5.91 Å². The third-order valence-electron chi connectivity index (χ3n) is 7.36. The quantitative estimate of drug-likeness (QED) is 0.540. The molecular weight excluding hydrogens is 466 g/mol. The van der Waals surface area contributed by atoms with E-state index in [0.717, 1.165) is 74.1 Å². The SMILES string of the molecule is Cc1sc2ncnc(N3CCC(C(=O)NC4CCN(Cc5ccc(Cl)cc5)CC4)CC3)c2c1C. The monoisotopic (exact) mass is 497 g/mol. The molecule has 0 spiro atoms. The van der Waals surface area contributed by atoms with Crippen molar-refractivity contribution in [1.29, 1.82) is 0 Å². The molecule has 2 fully saturated rings. The van der Waals surface area contributed by atoms with E-state index in [1.165, 1.54) is 21.4 Å². The molecule has 6 nitrogen and oxygen atoms in total. The van der Waals surface area contributed by atoms with Crippen LogP contribution in [0.25, 0.3) is 10.2 Å². The summed E-state index contributed by atoms with van der Waals surface area (Å²) in [6.45, 7) is 8.97. The fourth-order valence-electron chi connectivity index (χ4n) is 5.16. The zero-order valence-corrected chi connectivity index (χ0v) is 21.5. The van der Waals surface area contributed by atoms with Crippen molar-refractivity contribution < 1.29 is 4.79 Å². The minimum absolute atomic E-state index is 0.0889. The molecule has 4 heterocycles. The second-order valence-electron chi connectivity index (χ2n) is 9.61. The number of halogens is 1. The Bertz CT molecular complexity index is 1150. The van der Waals surface area contributed by atoms with E-state index >= 15 is 0 Å². The van der Waals surface area contributed by atoms with Gasteiger partial charge in [-0.25, -0.2) is 9.97 Å². The normalized spacial score (nSPS) is 18.5. The maximum atomic E-state index is 13.0. The van der Waals surface area contributed by atoms with Crippen LogP contribution in [0.15, 0.2) is 30.6 Å². The molecule has 1 N–H and O–H groups in total. The largest absolute Gasteiger partial charge is 0.356 e. The van der Waals surface area contributed by atoms with E-state index in [2.05, 4.69) is 51.1 Å². The van der Waals surface area contributed by atoms with Gasteiger partial charge in [-0.15, -0.1) is 11.3 Å². The molecule has 2 aliphatic rings. The van der Waals surface area contributed by atoms with Gasteiger partial charge in [-0.05, 0) is 62.8 Å². The molecule has 3 aromatic rings. The second kappa shape index (κ2) is 10.2. The molecule has 1 amide bonds. The number of hydrogen-bond acceptors (Lipinski definition) is 6. The van der Waals surface area contributed by atoms with Crippen molar-refractivity contribution in [3.8, 4) is 0 Å². The average molecular weight is 498 g/mol. The fraction of sp³-hybridized carbons (Fsp3) is 0.500. The predicted octanol–water partition coefficient (Wildman–Crippen LogP) is 4.96. The van der Waals surface area contributed by atoms with Gasteiger partial charge < -0.3 is 10.2 Å². The van der Waals surface area contributed by atoms with Crippen LogP contribution in [-0.2, 0) is 11.3 Å². The minimum atomic E-state index is 0.0889. The van der Waals surface area contributed by atoms with E-state index in [-0.39, 0.29) is 17.9 Å². The molecular formula is C26H32ClN5OS. The van der Waals surface area contributed by atoms with Crippen molar-refractivity contribution in [2.75, 3.05) is 31.1 Å². The zero-order valence-electron chi connectivity index (χ0n) is 19.9. The Morgan fingerprint density at radius 3 is 2.47 bits per heavy atom. The van der Waals surface area contributed by atoms with Crippen LogP contribution in [0.1, 0.15) is 41.7 Å². The number of anilines is 1. The Morgan fingerprint density at radius 2 is 1.76 bits per heavy atom. The van der Waals surface area contributed by atoms with E-state index in [1.54, 1.807) is 17.7 Å². The molecule has 0 unspecified atom stereocenters. The molecule has 0 saturated carbocycles. The van der Waals surface area contributed by atoms with Gasteiger partial charge in [-0.3, -0.25) is 9.69 Å². The van der Waals surface area contributed by atoms with Gasteiger partial charge in [0.1, 0.15) is 17.0 Å². The maximum absolute atomic E-state index is 13.0. The van der Waals surface area contributed by atoms with Gasteiger partial charge in [0.05, 0.1) is 5.39 Å². The second-order valence-corrected chi connectivity index (χ2v) is 11.2. The summed E-state index contributed by atoms with van der Waals surface area (Å²) in [5.74, 6) is 1.34. The molecule has 5 rings (SSSR count).